The molecule has 0 bridgehead atoms. The number of rotatable bonds is 2. The van der Waals surface area contributed by atoms with Gasteiger partial charge in [-0.3, -0.25) is 9.59 Å². The van der Waals surface area contributed by atoms with Gasteiger partial charge in [-0.1, -0.05) is 48.5 Å². The molecule has 2 aromatic rings. The molecule has 0 aromatic heterocycles. The predicted molar refractivity (Wildman–Crippen MR) is 84.9 cm³/mol. The summed E-state index contributed by atoms with van der Waals surface area (Å²) in [6.07, 6.45) is 0. The van der Waals surface area contributed by atoms with Gasteiger partial charge in [-0.25, -0.2) is 0 Å². The summed E-state index contributed by atoms with van der Waals surface area (Å²) in [6.45, 7) is 1.33. The van der Waals surface area contributed by atoms with E-state index in [4.69, 9.17) is 4.74 Å². The van der Waals surface area contributed by atoms with Gasteiger partial charge in [-0.2, -0.15) is 0 Å². The highest BCUT2D eigenvalue weighted by Crippen LogP contribution is 2.40. The van der Waals surface area contributed by atoms with E-state index in [1.54, 1.807) is 11.9 Å². The summed E-state index contributed by atoms with van der Waals surface area (Å²) >= 11 is 0. The fourth-order valence-corrected chi connectivity index (χ4v) is 2.58. The summed E-state index contributed by atoms with van der Waals surface area (Å²) in [6, 6.07) is 16.7. The van der Waals surface area contributed by atoms with Crippen LogP contribution in [0.2, 0.25) is 0 Å². The third-order valence-corrected chi connectivity index (χ3v) is 3.56. The number of ether oxygens (including phenoxy) is 1. The molecule has 110 valence electrons. The molecule has 4 heteroatoms. The molecular formula is C18H15NO3. The van der Waals surface area contributed by atoms with E-state index >= 15 is 0 Å². The average Bonchev–Trinajstić information content (AvgIpc) is 2.78. The molecule has 0 atom stereocenters. The summed E-state index contributed by atoms with van der Waals surface area (Å²) in [5, 5.41) is 0. The van der Waals surface area contributed by atoms with Crippen LogP contribution in [-0.2, 0) is 14.3 Å². The Balaban J connectivity index is 2.27. The molecule has 0 radical (unpaired) electrons. The molecule has 0 saturated heterocycles. The molecule has 1 heterocycles. The zero-order valence-electron chi connectivity index (χ0n) is 12.4. The Labute approximate surface area is 128 Å². The van der Waals surface area contributed by atoms with Crippen LogP contribution < -0.4 is 4.90 Å². The lowest BCUT2D eigenvalue weighted by Crippen LogP contribution is -2.21. The number of likely N-dealkylation sites (N-methyl/N-ethyl adjacent to an activating group) is 1. The largest absolute Gasteiger partial charge is 0.425 e. The van der Waals surface area contributed by atoms with Crippen LogP contribution in [0, 0.1) is 0 Å². The number of esters is 1. The van der Waals surface area contributed by atoms with Gasteiger partial charge in [-0.15, -0.1) is 0 Å². The van der Waals surface area contributed by atoms with E-state index in [1.807, 2.05) is 54.6 Å². The van der Waals surface area contributed by atoms with E-state index in [2.05, 4.69) is 0 Å². The van der Waals surface area contributed by atoms with Gasteiger partial charge in [0.2, 0.25) is 0 Å². The number of benzene rings is 2. The second-order valence-electron chi connectivity index (χ2n) is 5.05. The standard InChI is InChI=1S/C18H15NO3/c1-12(20)22-17(13-8-4-3-5-9-13)16-14-10-6-7-11-15(14)19(2)18(16)21/h3-11H,1-2H3/b17-16+. The molecule has 0 spiro atoms. The van der Waals surface area contributed by atoms with Crippen LogP contribution in [0.15, 0.2) is 54.6 Å². The fraction of sp³-hybridized carbons (Fsp3) is 0.111. The topological polar surface area (TPSA) is 46.6 Å². The Bertz CT molecular complexity index is 778. The van der Waals surface area contributed by atoms with Gasteiger partial charge < -0.3 is 9.64 Å². The summed E-state index contributed by atoms with van der Waals surface area (Å²) < 4.78 is 5.39. The predicted octanol–water partition coefficient (Wildman–Crippen LogP) is 3.09. The first kappa shape index (κ1) is 14.1. The Kier molecular flexibility index (Phi) is 3.51. The second kappa shape index (κ2) is 5.48. The Morgan fingerprint density at radius 1 is 1.00 bits per heavy atom. The third kappa shape index (κ3) is 2.29. The molecule has 4 nitrogen and oxygen atoms in total. The summed E-state index contributed by atoms with van der Waals surface area (Å²) in [4.78, 5) is 25.7. The zero-order chi connectivity index (χ0) is 15.7. The minimum atomic E-state index is -0.453. The van der Waals surface area contributed by atoms with Crippen molar-refractivity contribution >= 4 is 28.9 Å². The maximum absolute atomic E-state index is 12.6. The first-order valence-electron chi connectivity index (χ1n) is 6.95. The van der Waals surface area contributed by atoms with Crippen LogP contribution >= 0.6 is 0 Å². The van der Waals surface area contributed by atoms with Crippen molar-refractivity contribution in [2.24, 2.45) is 0 Å². The van der Waals surface area contributed by atoms with Crippen molar-refractivity contribution in [2.45, 2.75) is 6.92 Å². The molecule has 1 aliphatic heterocycles. The van der Waals surface area contributed by atoms with Gasteiger partial charge in [-0.05, 0) is 6.07 Å². The van der Waals surface area contributed by atoms with Gasteiger partial charge in [0.25, 0.3) is 5.91 Å². The minimum Gasteiger partial charge on any atom is -0.425 e. The van der Waals surface area contributed by atoms with Crippen molar-refractivity contribution in [3.8, 4) is 0 Å². The van der Waals surface area contributed by atoms with Crippen molar-refractivity contribution in [3.05, 3.63) is 65.7 Å². The molecule has 0 aliphatic carbocycles. The van der Waals surface area contributed by atoms with E-state index in [0.717, 1.165) is 11.3 Å². The van der Waals surface area contributed by atoms with Crippen molar-refractivity contribution in [2.75, 3.05) is 11.9 Å². The lowest BCUT2D eigenvalue weighted by molar-refractivity contribution is -0.134. The smallest absolute Gasteiger partial charge is 0.308 e. The molecule has 0 unspecified atom stereocenters. The number of hydrogen-bond acceptors (Lipinski definition) is 3. The molecule has 0 saturated carbocycles. The molecule has 3 rings (SSSR count). The zero-order valence-corrected chi connectivity index (χ0v) is 12.4. The number of carbonyl (C=O) groups excluding carboxylic acids is 2. The minimum absolute atomic E-state index is 0.179. The number of carbonyl (C=O) groups is 2. The molecule has 0 fully saturated rings. The number of amides is 1. The average molecular weight is 293 g/mol. The third-order valence-electron chi connectivity index (χ3n) is 3.56. The van der Waals surface area contributed by atoms with Crippen LogP contribution in [0.5, 0.6) is 0 Å². The van der Waals surface area contributed by atoms with Crippen LogP contribution in [0.1, 0.15) is 18.1 Å². The van der Waals surface area contributed by atoms with Crippen LogP contribution in [0.3, 0.4) is 0 Å². The van der Waals surface area contributed by atoms with Crippen molar-refractivity contribution in [1.82, 2.24) is 0 Å². The Hall–Kier alpha value is -2.88. The molecule has 1 aliphatic rings. The van der Waals surface area contributed by atoms with E-state index in [1.165, 1.54) is 6.92 Å². The Morgan fingerprint density at radius 3 is 2.32 bits per heavy atom. The first-order chi connectivity index (χ1) is 10.6. The van der Waals surface area contributed by atoms with Gasteiger partial charge in [0.1, 0.15) is 0 Å². The summed E-state index contributed by atoms with van der Waals surface area (Å²) in [7, 11) is 1.71. The maximum Gasteiger partial charge on any atom is 0.308 e. The SMILES string of the molecule is CC(=O)O/C(=C1/C(=O)N(C)c2ccccc21)c1ccccc1. The molecule has 22 heavy (non-hydrogen) atoms. The normalized spacial score (nSPS) is 15.5. The Morgan fingerprint density at radius 2 is 1.64 bits per heavy atom. The van der Waals surface area contributed by atoms with Crippen molar-refractivity contribution in [1.29, 1.82) is 0 Å². The summed E-state index contributed by atoms with van der Waals surface area (Å²) in [5.41, 5.74) is 2.70. The van der Waals surface area contributed by atoms with Crippen molar-refractivity contribution in [3.63, 3.8) is 0 Å². The van der Waals surface area contributed by atoms with Crippen LogP contribution in [-0.4, -0.2) is 18.9 Å². The van der Waals surface area contributed by atoms with Crippen LogP contribution in [0.25, 0.3) is 11.3 Å². The highest BCUT2D eigenvalue weighted by molar-refractivity contribution is 6.37. The monoisotopic (exact) mass is 293 g/mol. The van der Waals surface area contributed by atoms with E-state index in [-0.39, 0.29) is 5.91 Å². The summed E-state index contributed by atoms with van der Waals surface area (Å²) in [5.74, 6) is -0.331. The molecular weight excluding hydrogens is 278 g/mol. The van der Waals surface area contributed by atoms with Crippen LogP contribution in [0.4, 0.5) is 5.69 Å². The number of fused-ring (bicyclic) bond motifs is 1. The van der Waals surface area contributed by atoms with E-state index in [0.29, 0.717) is 16.9 Å². The quantitative estimate of drug-likeness (QED) is 0.485. The number of anilines is 1. The highest BCUT2D eigenvalue weighted by atomic mass is 16.5. The lowest BCUT2D eigenvalue weighted by atomic mass is 10.0. The highest BCUT2D eigenvalue weighted by Gasteiger charge is 2.33. The van der Waals surface area contributed by atoms with Gasteiger partial charge in [0.15, 0.2) is 5.76 Å². The lowest BCUT2D eigenvalue weighted by Gasteiger charge is -2.11. The molecule has 1 amide bonds. The molecule has 2 aromatic carbocycles. The first-order valence-corrected chi connectivity index (χ1v) is 6.95. The number of hydrogen-bond donors (Lipinski definition) is 0. The van der Waals surface area contributed by atoms with Gasteiger partial charge in [0, 0.05) is 25.1 Å². The second-order valence-corrected chi connectivity index (χ2v) is 5.05. The number of para-hydroxylation sites is 1. The molecule has 0 N–H and O–H groups in total. The maximum atomic E-state index is 12.6. The van der Waals surface area contributed by atoms with E-state index < -0.39 is 5.97 Å². The van der Waals surface area contributed by atoms with E-state index in [9.17, 15) is 9.59 Å². The van der Waals surface area contributed by atoms with Gasteiger partial charge in [0.05, 0.1) is 11.3 Å². The van der Waals surface area contributed by atoms with Crippen molar-refractivity contribution < 1.29 is 14.3 Å². The number of nitrogens with zero attached hydrogens (tertiary/aromatic N) is 1. The van der Waals surface area contributed by atoms with Gasteiger partial charge >= 0.3 is 5.97 Å². The fourth-order valence-electron chi connectivity index (χ4n) is 2.58.